The monoisotopic (exact) mass is 116 g/mol. The lowest BCUT2D eigenvalue weighted by atomic mass is 10.1. The highest BCUT2D eigenvalue weighted by atomic mass is 19.1. The van der Waals surface area contributed by atoms with Crippen LogP contribution in [0.3, 0.4) is 0 Å². The molecule has 0 atom stereocenters. The lowest BCUT2D eigenvalue weighted by Gasteiger charge is -1.97. The number of hydrogen-bond donors (Lipinski definition) is 0. The van der Waals surface area contributed by atoms with E-state index in [0.29, 0.717) is 0 Å². The van der Waals surface area contributed by atoms with Crippen molar-refractivity contribution in [2.75, 3.05) is 6.67 Å². The highest BCUT2D eigenvalue weighted by molar-refractivity contribution is 5.08. The molecule has 48 valence electrons. The Morgan fingerprint density at radius 3 is 1.88 bits per heavy atom. The fourth-order valence-corrected chi connectivity index (χ4v) is 0.416. The van der Waals surface area contributed by atoms with Crippen molar-refractivity contribution in [2.45, 2.75) is 27.2 Å². The van der Waals surface area contributed by atoms with Crippen LogP contribution in [0, 0.1) is 0 Å². The van der Waals surface area contributed by atoms with Crippen LogP contribution in [0.25, 0.3) is 0 Å². The Balaban J connectivity index is 3.83. The van der Waals surface area contributed by atoms with Crippen LogP contribution in [0.4, 0.5) is 4.39 Å². The van der Waals surface area contributed by atoms with Gasteiger partial charge in [-0.1, -0.05) is 12.5 Å². The summed E-state index contributed by atoms with van der Waals surface area (Å²) in [6.45, 7) is 5.54. The number of allylic oxidation sites excluding steroid dienone is 2. The van der Waals surface area contributed by atoms with Crippen LogP contribution in [-0.4, -0.2) is 6.67 Å². The number of hydrogen-bond acceptors (Lipinski definition) is 0. The predicted octanol–water partition coefficient (Wildman–Crippen LogP) is 2.70. The Morgan fingerprint density at radius 2 is 1.75 bits per heavy atom. The molecule has 0 aromatic carbocycles. The van der Waals surface area contributed by atoms with Gasteiger partial charge < -0.3 is 0 Å². The summed E-state index contributed by atoms with van der Waals surface area (Å²) in [5.41, 5.74) is 2.06. The van der Waals surface area contributed by atoms with Gasteiger partial charge in [0.15, 0.2) is 0 Å². The van der Waals surface area contributed by atoms with E-state index in [2.05, 4.69) is 0 Å². The fraction of sp³-hybridized carbons (Fsp3) is 0.714. The van der Waals surface area contributed by atoms with Crippen LogP contribution < -0.4 is 0 Å². The smallest absolute Gasteiger partial charge is 0.110 e. The summed E-state index contributed by atoms with van der Waals surface area (Å²) in [5.74, 6) is 0. The predicted molar refractivity (Wildman–Crippen MR) is 34.6 cm³/mol. The topological polar surface area (TPSA) is 0 Å². The zero-order chi connectivity index (χ0) is 6.57. The molecule has 0 aliphatic heterocycles. The van der Waals surface area contributed by atoms with Gasteiger partial charge in [0.25, 0.3) is 0 Å². The minimum atomic E-state index is -0.292. The summed E-state index contributed by atoms with van der Waals surface area (Å²) in [4.78, 5) is 0. The van der Waals surface area contributed by atoms with Gasteiger partial charge in [-0.25, -0.2) is 4.39 Å². The van der Waals surface area contributed by atoms with E-state index in [1.807, 2.05) is 20.8 Å². The van der Waals surface area contributed by atoms with Gasteiger partial charge in [0, 0.05) is 0 Å². The third-order valence-electron chi connectivity index (χ3n) is 1.46. The normalized spacial score (nSPS) is 13.5. The Labute approximate surface area is 50.4 Å². The summed E-state index contributed by atoms with van der Waals surface area (Å²) in [5, 5.41) is 0. The lowest BCUT2D eigenvalue weighted by molar-refractivity contribution is 0.539. The minimum Gasteiger partial charge on any atom is -0.246 e. The Morgan fingerprint density at radius 1 is 1.25 bits per heavy atom. The first kappa shape index (κ1) is 7.67. The average molecular weight is 116 g/mol. The van der Waals surface area contributed by atoms with Crippen LogP contribution >= 0.6 is 0 Å². The van der Waals surface area contributed by atoms with Gasteiger partial charge in [0.2, 0.25) is 0 Å². The van der Waals surface area contributed by atoms with Gasteiger partial charge in [-0.05, 0) is 25.8 Å². The molecule has 0 aliphatic rings. The third kappa shape index (κ3) is 2.10. The van der Waals surface area contributed by atoms with Crippen LogP contribution in [0.15, 0.2) is 11.1 Å². The lowest BCUT2D eigenvalue weighted by Crippen LogP contribution is -1.83. The zero-order valence-corrected chi connectivity index (χ0v) is 5.79. The molecule has 0 heterocycles. The molecule has 0 rings (SSSR count). The molecular formula is C7H13F. The first-order valence-electron chi connectivity index (χ1n) is 2.93. The maximum absolute atomic E-state index is 11.8. The van der Waals surface area contributed by atoms with Gasteiger partial charge in [0.1, 0.15) is 6.67 Å². The van der Waals surface area contributed by atoms with Crippen molar-refractivity contribution in [1.82, 2.24) is 0 Å². The molecule has 0 radical (unpaired) electrons. The van der Waals surface area contributed by atoms with Crippen molar-refractivity contribution in [3.05, 3.63) is 11.1 Å². The van der Waals surface area contributed by atoms with Gasteiger partial charge in [-0.15, -0.1) is 0 Å². The molecule has 0 saturated heterocycles. The Hall–Kier alpha value is -0.330. The van der Waals surface area contributed by atoms with Crippen LogP contribution in [0.5, 0.6) is 0 Å². The molecule has 0 N–H and O–H groups in total. The Bertz CT molecular complexity index is 80.6. The summed E-state index contributed by atoms with van der Waals surface area (Å²) in [7, 11) is 0. The Kier molecular flexibility index (Phi) is 3.49. The molecule has 0 amide bonds. The van der Waals surface area contributed by atoms with Crippen molar-refractivity contribution < 1.29 is 4.39 Å². The van der Waals surface area contributed by atoms with E-state index >= 15 is 0 Å². The van der Waals surface area contributed by atoms with Gasteiger partial charge in [-0.3, -0.25) is 0 Å². The zero-order valence-electron chi connectivity index (χ0n) is 5.79. The second-order valence-electron chi connectivity index (χ2n) is 2.05. The molecule has 0 aliphatic carbocycles. The largest absolute Gasteiger partial charge is 0.246 e. The molecule has 1 heteroatoms. The van der Waals surface area contributed by atoms with E-state index in [1.165, 1.54) is 5.57 Å². The van der Waals surface area contributed by atoms with E-state index in [4.69, 9.17) is 0 Å². The molecule has 0 aromatic heterocycles. The third-order valence-corrected chi connectivity index (χ3v) is 1.46. The summed E-state index contributed by atoms with van der Waals surface area (Å²) < 4.78 is 11.8. The standard InChI is InChI=1S/C7H13F/c1-4-6(2)7(3)5-8/h4-5H2,1-3H3. The second-order valence-corrected chi connectivity index (χ2v) is 2.05. The summed E-state index contributed by atoms with van der Waals surface area (Å²) in [6.07, 6.45) is 0.968. The van der Waals surface area contributed by atoms with Crippen LogP contribution in [0.1, 0.15) is 27.2 Å². The summed E-state index contributed by atoms with van der Waals surface area (Å²) in [6, 6.07) is 0. The maximum Gasteiger partial charge on any atom is 0.110 e. The van der Waals surface area contributed by atoms with Crippen LogP contribution in [-0.2, 0) is 0 Å². The molecule has 0 fully saturated rings. The molecule has 0 bridgehead atoms. The summed E-state index contributed by atoms with van der Waals surface area (Å²) >= 11 is 0. The van der Waals surface area contributed by atoms with Crippen molar-refractivity contribution in [3.8, 4) is 0 Å². The van der Waals surface area contributed by atoms with Crippen molar-refractivity contribution >= 4 is 0 Å². The maximum atomic E-state index is 11.8. The first-order valence-corrected chi connectivity index (χ1v) is 2.93. The van der Waals surface area contributed by atoms with Crippen molar-refractivity contribution in [2.24, 2.45) is 0 Å². The van der Waals surface area contributed by atoms with Crippen molar-refractivity contribution in [1.29, 1.82) is 0 Å². The van der Waals surface area contributed by atoms with E-state index in [-0.39, 0.29) is 6.67 Å². The molecule has 0 aromatic rings. The molecule has 0 unspecified atom stereocenters. The molecule has 0 nitrogen and oxygen atoms in total. The number of alkyl halides is 1. The first-order chi connectivity index (χ1) is 3.72. The highest BCUT2D eigenvalue weighted by Gasteiger charge is 1.90. The SMILES string of the molecule is CCC(C)=C(C)CF. The molecule has 8 heavy (non-hydrogen) atoms. The number of halogens is 1. The van der Waals surface area contributed by atoms with E-state index in [0.717, 1.165) is 12.0 Å². The van der Waals surface area contributed by atoms with E-state index < -0.39 is 0 Å². The van der Waals surface area contributed by atoms with Crippen LogP contribution in [0.2, 0.25) is 0 Å². The quantitative estimate of drug-likeness (QED) is 0.486. The number of rotatable bonds is 2. The second kappa shape index (κ2) is 3.65. The van der Waals surface area contributed by atoms with Crippen molar-refractivity contribution in [3.63, 3.8) is 0 Å². The van der Waals surface area contributed by atoms with Gasteiger partial charge >= 0.3 is 0 Å². The fourth-order valence-electron chi connectivity index (χ4n) is 0.416. The van der Waals surface area contributed by atoms with E-state index in [9.17, 15) is 4.39 Å². The van der Waals surface area contributed by atoms with Gasteiger partial charge in [-0.2, -0.15) is 0 Å². The minimum absolute atomic E-state index is 0.292. The van der Waals surface area contributed by atoms with Gasteiger partial charge in [0.05, 0.1) is 0 Å². The molecule has 0 saturated carbocycles. The highest BCUT2D eigenvalue weighted by Crippen LogP contribution is 2.06. The molecular weight excluding hydrogens is 103 g/mol. The molecule has 0 spiro atoms. The van der Waals surface area contributed by atoms with E-state index in [1.54, 1.807) is 0 Å². The average Bonchev–Trinajstić information content (AvgIpc) is 1.84.